The second-order valence-corrected chi connectivity index (χ2v) is 8.81. The third-order valence-electron chi connectivity index (χ3n) is 6.77. The van der Waals surface area contributed by atoms with Crippen molar-refractivity contribution in [2.45, 2.75) is 51.1 Å². The number of anilines is 2. The van der Waals surface area contributed by atoms with Crippen molar-refractivity contribution in [1.82, 2.24) is 9.71 Å². The number of rotatable bonds is 6. The van der Waals surface area contributed by atoms with E-state index < -0.39 is 0 Å². The molecule has 0 spiro atoms. The number of hydrogen-bond donors (Lipinski definition) is 1. The number of aryl methyl sites for hydroxylation is 1. The van der Waals surface area contributed by atoms with Crippen molar-refractivity contribution in [2.24, 2.45) is 5.92 Å². The molecule has 1 aliphatic carbocycles. The van der Waals surface area contributed by atoms with Crippen molar-refractivity contribution >= 4 is 23.2 Å². The van der Waals surface area contributed by atoms with Crippen LogP contribution < -0.4 is 9.80 Å². The molecule has 1 fully saturated rings. The predicted octanol–water partition coefficient (Wildman–Crippen LogP) is 4.19. The first-order valence-corrected chi connectivity index (χ1v) is 11.6. The molecular weight excluding hydrogens is 416 g/mol. The van der Waals surface area contributed by atoms with E-state index in [0.29, 0.717) is 31.6 Å². The number of carbonyl (C=O) groups is 2. The molecule has 1 aromatic heterocycles. The average Bonchev–Trinajstić information content (AvgIpc) is 3.46. The normalized spacial score (nSPS) is 19.8. The minimum Gasteiger partial charge on any atom is -0.427 e. The van der Waals surface area contributed by atoms with E-state index in [1.165, 1.54) is 12.4 Å². The van der Waals surface area contributed by atoms with Gasteiger partial charge in [0.15, 0.2) is 0 Å². The molecule has 0 saturated heterocycles. The lowest BCUT2D eigenvalue weighted by Gasteiger charge is -2.30. The fourth-order valence-corrected chi connectivity index (χ4v) is 5.20. The molecule has 2 aliphatic rings. The second-order valence-electron chi connectivity index (χ2n) is 8.81. The molecule has 2 heterocycles. The number of para-hydroxylation sites is 2. The summed E-state index contributed by atoms with van der Waals surface area (Å²) in [5.41, 5.74) is 2.67. The van der Waals surface area contributed by atoms with Gasteiger partial charge in [0.1, 0.15) is 5.82 Å². The van der Waals surface area contributed by atoms with E-state index in [0.717, 1.165) is 40.9 Å². The summed E-state index contributed by atoms with van der Waals surface area (Å²) in [5.74, 6) is 0.472. The number of benzene rings is 2. The van der Waals surface area contributed by atoms with Crippen LogP contribution in [-0.2, 0) is 22.6 Å². The van der Waals surface area contributed by atoms with Crippen molar-refractivity contribution in [3.63, 3.8) is 0 Å². The van der Waals surface area contributed by atoms with Crippen molar-refractivity contribution in [1.29, 1.82) is 0 Å². The zero-order valence-electron chi connectivity index (χ0n) is 18.5. The summed E-state index contributed by atoms with van der Waals surface area (Å²) in [6.07, 6.45) is 7.01. The predicted molar refractivity (Wildman–Crippen MR) is 125 cm³/mol. The Labute approximate surface area is 193 Å². The smallest absolute Gasteiger partial charge is 0.232 e. The zero-order valence-corrected chi connectivity index (χ0v) is 18.5. The highest BCUT2D eigenvalue weighted by molar-refractivity contribution is 6.06. The minimum atomic E-state index is -0.193. The van der Waals surface area contributed by atoms with Crippen LogP contribution in [0.25, 0.3) is 0 Å². The molecule has 7 nitrogen and oxygen atoms in total. The Hall–Kier alpha value is -3.61. The highest BCUT2D eigenvalue weighted by atomic mass is 16.5. The Morgan fingerprint density at radius 1 is 1.03 bits per heavy atom. The molecule has 170 valence electrons. The van der Waals surface area contributed by atoms with Gasteiger partial charge in [0.2, 0.25) is 11.8 Å². The van der Waals surface area contributed by atoms with E-state index in [1.807, 2.05) is 64.4 Å². The van der Waals surface area contributed by atoms with E-state index in [1.54, 1.807) is 0 Å². The third kappa shape index (κ3) is 4.11. The first-order valence-electron chi connectivity index (χ1n) is 11.6. The molecule has 7 heteroatoms. The first kappa shape index (κ1) is 21.2. The molecular formula is C26H28N4O3. The topological polar surface area (TPSA) is 78.7 Å². The lowest BCUT2D eigenvalue weighted by molar-refractivity contribution is -0.123. The van der Waals surface area contributed by atoms with Crippen molar-refractivity contribution in [3.05, 3.63) is 78.4 Å². The molecule has 1 aliphatic heterocycles. The number of imidazole rings is 1. The summed E-state index contributed by atoms with van der Waals surface area (Å²) in [7, 11) is 0. The van der Waals surface area contributed by atoms with Gasteiger partial charge in [0.25, 0.3) is 0 Å². The van der Waals surface area contributed by atoms with Gasteiger partial charge in [0.05, 0.1) is 30.0 Å². The van der Waals surface area contributed by atoms with E-state index in [-0.39, 0.29) is 23.8 Å². The van der Waals surface area contributed by atoms with E-state index in [9.17, 15) is 14.8 Å². The van der Waals surface area contributed by atoms with Crippen LogP contribution in [-0.4, -0.2) is 32.8 Å². The Balaban J connectivity index is 1.45. The van der Waals surface area contributed by atoms with Crippen molar-refractivity contribution < 1.29 is 14.8 Å². The van der Waals surface area contributed by atoms with Crippen LogP contribution in [0.15, 0.2) is 67.0 Å². The van der Waals surface area contributed by atoms with E-state index >= 15 is 0 Å². The third-order valence-corrected chi connectivity index (χ3v) is 6.77. The Morgan fingerprint density at radius 3 is 2.55 bits per heavy atom. The van der Waals surface area contributed by atoms with Gasteiger partial charge < -0.3 is 15.0 Å². The number of fused-ring (bicyclic) bond motifs is 2. The van der Waals surface area contributed by atoms with Gasteiger partial charge in [-0.05, 0) is 37.0 Å². The summed E-state index contributed by atoms with van der Waals surface area (Å²) >= 11 is 0. The summed E-state index contributed by atoms with van der Waals surface area (Å²) in [6.45, 7) is 0.487. The van der Waals surface area contributed by atoms with Crippen molar-refractivity contribution in [2.75, 3.05) is 9.80 Å². The SMILES string of the molecule is O=C1[C@H]2CCC[C@H]2N(C(=O)CCCc2nccn2O)c2ccccc2N1Cc1ccccc1. The number of hydrogen-bond acceptors (Lipinski definition) is 4. The van der Waals surface area contributed by atoms with Crippen LogP contribution >= 0.6 is 0 Å². The maximum absolute atomic E-state index is 13.7. The number of carbonyl (C=O) groups excluding carboxylic acids is 2. The maximum Gasteiger partial charge on any atom is 0.232 e. The van der Waals surface area contributed by atoms with Gasteiger partial charge in [-0.25, -0.2) is 4.98 Å². The largest absolute Gasteiger partial charge is 0.427 e. The van der Waals surface area contributed by atoms with Crippen LogP contribution in [0.3, 0.4) is 0 Å². The fourth-order valence-electron chi connectivity index (χ4n) is 5.20. The van der Waals surface area contributed by atoms with Gasteiger partial charge in [-0.1, -0.05) is 48.9 Å². The van der Waals surface area contributed by atoms with Gasteiger partial charge in [-0.3, -0.25) is 9.59 Å². The molecule has 5 rings (SSSR count). The quantitative estimate of drug-likeness (QED) is 0.578. The van der Waals surface area contributed by atoms with Gasteiger partial charge in [-0.15, -0.1) is 0 Å². The Morgan fingerprint density at radius 2 is 1.79 bits per heavy atom. The molecule has 33 heavy (non-hydrogen) atoms. The summed E-state index contributed by atoms with van der Waals surface area (Å²) < 4.78 is 0.999. The molecule has 2 aromatic carbocycles. The Bertz CT molecular complexity index is 1140. The van der Waals surface area contributed by atoms with E-state index in [2.05, 4.69) is 4.98 Å². The standard InChI is InChI=1S/C26H28N4O3/c31-25(15-7-14-24-27-16-17-29(24)33)30-21-13-6-10-20(21)26(32)28(18-19-8-2-1-3-9-19)22-11-4-5-12-23(22)30/h1-5,8-9,11-12,16-17,20-21,33H,6-7,10,13-15,18H2/t20-,21+/m0/s1. The van der Waals surface area contributed by atoms with Gasteiger partial charge in [-0.2, -0.15) is 4.73 Å². The zero-order chi connectivity index (χ0) is 22.8. The molecule has 2 amide bonds. The molecule has 0 radical (unpaired) electrons. The average molecular weight is 445 g/mol. The summed E-state index contributed by atoms with van der Waals surface area (Å²) in [4.78, 5) is 35.1. The monoisotopic (exact) mass is 444 g/mol. The van der Waals surface area contributed by atoms with Crippen LogP contribution in [0, 0.1) is 5.92 Å². The molecule has 3 aromatic rings. The lowest BCUT2D eigenvalue weighted by Crippen LogP contribution is -2.45. The van der Waals surface area contributed by atoms with E-state index in [4.69, 9.17) is 0 Å². The molecule has 0 bridgehead atoms. The maximum atomic E-state index is 13.7. The molecule has 0 unspecified atom stereocenters. The highest BCUT2D eigenvalue weighted by Crippen LogP contribution is 2.43. The Kier molecular flexibility index (Phi) is 5.86. The van der Waals surface area contributed by atoms with Gasteiger partial charge >= 0.3 is 0 Å². The van der Waals surface area contributed by atoms with Crippen LogP contribution in [0.1, 0.15) is 43.5 Å². The second kappa shape index (κ2) is 9.10. The molecule has 1 N–H and O–H groups in total. The van der Waals surface area contributed by atoms with Crippen LogP contribution in [0.4, 0.5) is 11.4 Å². The van der Waals surface area contributed by atoms with Gasteiger partial charge in [0, 0.05) is 25.1 Å². The fraction of sp³-hybridized carbons (Fsp3) is 0.346. The summed E-state index contributed by atoms with van der Waals surface area (Å²) in [5, 5.41) is 9.75. The highest BCUT2D eigenvalue weighted by Gasteiger charge is 2.45. The summed E-state index contributed by atoms with van der Waals surface area (Å²) in [6, 6.07) is 17.6. The number of amides is 2. The number of aromatic nitrogens is 2. The first-order chi connectivity index (χ1) is 16.1. The number of nitrogens with zero attached hydrogens (tertiary/aromatic N) is 4. The lowest BCUT2D eigenvalue weighted by atomic mass is 10.00. The van der Waals surface area contributed by atoms with Crippen molar-refractivity contribution in [3.8, 4) is 0 Å². The van der Waals surface area contributed by atoms with Crippen LogP contribution in [0.2, 0.25) is 0 Å². The minimum absolute atomic E-state index is 0.0183. The molecule has 2 atom stereocenters. The molecule has 1 saturated carbocycles. The van der Waals surface area contributed by atoms with Crippen LogP contribution in [0.5, 0.6) is 0 Å².